The molecule has 4 aromatic rings. The molecule has 5 rings (SSSR count). The number of hydrogen-bond acceptors (Lipinski definition) is 5. The minimum Gasteiger partial charge on any atom is -0.492 e. The zero-order valence-corrected chi connectivity index (χ0v) is 22.6. The molecule has 1 N–H and O–H groups in total. The third-order valence-corrected chi connectivity index (χ3v) is 6.94. The highest BCUT2D eigenvalue weighted by molar-refractivity contribution is 6.34. The molecule has 37 heavy (non-hydrogen) atoms. The lowest BCUT2D eigenvalue weighted by Crippen LogP contribution is -2.44. The van der Waals surface area contributed by atoms with E-state index in [1.54, 1.807) is 18.2 Å². The highest BCUT2D eigenvalue weighted by atomic mass is 35.5. The van der Waals surface area contributed by atoms with Crippen molar-refractivity contribution >= 4 is 34.2 Å². The van der Waals surface area contributed by atoms with Gasteiger partial charge >= 0.3 is 0 Å². The molecule has 2 heterocycles. The van der Waals surface area contributed by atoms with Gasteiger partial charge in [-0.1, -0.05) is 48.7 Å². The number of imidazole rings is 1. The van der Waals surface area contributed by atoms with Gasteiger partial charge in [-0.05, 0) is 48.9 Å². The van der Waals surface area contributed by atoms with Gasteiger partial charge in [-0.2, -0.15) is 0 Å². The summed E-state index contributed by atoms with van der Waals surface area (Å²) in [5.41, 5.74) is 3.02. The quantitative estimate of drug-likeness (QED) is 0.238. The molecule has 3 aromatic carbocycles. The molecular weight excluding hydrogens is 507 g/mol. The summed E-state index contributed by atoms with van der Waals surface area (Å²) >= 11 is 12.3. The van der Waals surface area contributed by atoms with Gasteiger partial charge in [0.1, 0.15) is 29.7 Å². The average Bonchev–Trinajstić information content (AvgIpc) is 3.25. The minimum atomic E-state index is 0.533. The Balaban J connectivity index is 1.39. The Hall–Kier alpha value is -2.77. The van der Waals surface area contributed by atoms with Crippen LogP contribution < -0.4 is 14.8 Å². The summed E-state index contributed by atoms with van der Waals surface area (Å²) in [6.07, 6.45) is 2.16. The fourth-order valence-electron chi connectivity index (χ4n) is 4.60. The number of aromatic nitrogens is 2. The van der Waals surface area contributed by atoms with Crippen LogP contribution in [0.5, 0.6) is 17.2 Å². The normalized spacial score (nSPS) is 14.2. The Bertz CT molecular complexity index is 1330. The van der Waals surface area contributed by atoms with Crippen molar-refractivity contribution in [2.24, 2.45) is 0 Å². The molecule has 8 heteroatoms. The maximum absolute atomic E-state index is 6.15. The standard InChI is InChI=1S/C29H32Cl2N4O2/c1-2-3-11-35-28-20-24(36-15-14-34-12-9-32-10-13-34)7-8-27(28)33-29(35)21-5-4-6-25(16-21)37-26-18-22(30)17-23(31)19-26/h4-8,16-20,32H,2-3,9-15H2,1H3. The number of ether oxygens (including phenoxy) is 2. The summed E-state index contributed by atoms with van der Waals surface area (Å²) in [4.78, 5) is 7.44. The zero-order chi connectivity index (χ0) is 25.6. The van der Waals surface area contributed by atoms with Crippen LogP contribution in [0, 0.1) is 0 Å². The van der Waals surface area contributed by atoms with Crippen LogP contribution in [0.3, 0.4) is 0 Å². The van der Waals surface area contributed by atoms with Gasteiger partial charge in [0.05, 0.1) is 11.0 Å². The van der Waals surface area contributed by atoms with Crippen LogP contribution in [-0.4, -0.2) is 53.8 Å². The van der Waals surface area contributed by atoms with Crippen LogP contribution in [0.2, 0.25) is 10.0 Å². The van der Waals surface area contributed by atoms with E-state index in [2.05, 4.69) is 39.9 Å². The van der Waals surface area contributed by atoms with Gasteiger partial charge in [0, 0.05) is 60.9 Å². The molecule has 0 unspecified atom stereocenters. The van der Waals surface area contributed by atoms with Gasteiger partial charge in [0.25, 0.3) is 0 Å². The molecule has 1 aliphatic heterocycles. The second-order valence-corrected chi connectivity index (χ2v) is 10.1. The van der Waals surface area contributed by atoms with Crippen molar-refractivity contribution in [3.8, 4) is 28.6 Å². The number of rotatable bonds is 10. The predicted octanol–water partition coefficient (Wildman–Crippen LogP) is 6.89. The number of aryl methyl sites for hydroxylation is 1. The third-order valence-electron chi connectivity index (χ3n) is 6.50. The van der Waals surface area contributed by atoms with E-state index in [9.17, 15) is 0 Å². The SMILES string of the molecule is CCCCn1c(-c2cccc(Oc3cc(Cl)cc(Cl)c3)c2)nc2ccc(OCCN3CCNCC3)cc21. The molecule has 0 aliphatic carbocycles. The second kappa shape index (κ2) is 12.2. The fraction of sp³-hybridized carbons (Fsp3) is 0.345. The smallest absolute Gasteiger partial charge is 0.141 e. The van der Waals surface area contributed by atoms with Gasteiger partial charge in [-0.15, -0.1) is 0 Å². The summed E-state index contributed by atoms with van der Waals surface area (Å²) < 4.78 is 14.5. The lowest BCUT2D eigenvalue weighted by atomic mass is 10.2. The van der Waals surface area contributed by atoms with Gasteiger partial charge in [-0.25, -0.2) is 4.98 Å². The molecule has 0 spiro atoms. The van der Waals surface area contributed by atoms with E-state index < -0.39 is 0 Å². The summed E-state index contributed by atoms with van der Waals surface area (Å²) in [6.45, 7) is 8.93. The second-order valence-electron chi connectivity index (χ2n) is 9.27. The summed E-state index contributed by atoms with van der Waals surface area (Å²) in [6, 6.07) is 19.3. The van der Waals surface area contributed by atoms with E-state index >= 15 is 0 Å². The van der Waals surface area contributed by atoms with Crippen molar-refractivity contribution in [2.45, 2.75) is 26.3 Å². The summed E-state index contributed by atoms with van der Waals surface area (Å²) in [5, 5.41) is 4.46. The first kappa shape index (κ1) is 25.9. The largest absolute Gasteiger partial charge is 0.492 e. The number of unbranched alkanes of at least 4 members (excludes halogenated alkanes) is 1. The van der Waals surface area contributed by atoms with Gasteiger partial charge in [0.15, 0.2) is 0 Å². The number of hydrogen-bond donors (Lipinski definition) is 1. The molecule has 0 atom stereocenters. The minimum absolute atomic E-state index is 0.533. The molecule has 6 nitrogen and oxygen atoms in total. The lowest BCUT2D eigenvalue weighted by Gasteiger charge is -2.26. The lowest BCUT2D eigenvalue weighted by molar-refractivity contribution is 0.191. The van der Waals surface area contributed by atoms with Gasteiger partial charge in [-0.3, -0.25) is 4.90 Å². The Kier molecular flexibility index (Phi) is 8.52. The van der Waals surface area contributed by atoms with Crippen LogP contribution in [0.4, 0.5) is 0 Å². The van der Waals surface area contributed by atoms with E-state index in [1.807, 2.05) is 24.3 Å². The van der Waals surface area contributed by atoms with E-state index in [4.69, 9.17) is 37.7 Å². The monoisotopic (exact) mass is 538 g/mol. The molecule has 0 saturated carbocycles. The molecule has 0 radical (unpaired) electrons. The number of halogens is 2. The maximum atomic E-state index is 6.15. The van der Waals surface area contributed by atoms with Gasteiger partial charge < -0.3 is 19.4 Å². The zero-order valence-electron chi connectivity index (χ0n) is 21.1. The molecule has 0 bridgehead atoms. The van der Waals surface area contributed by atoms with E-state index in [0.717, 1.165) is 80.3 Å². The number of nitrogens with one attached hydrogen (secondary N) is 1. The Morgan fingerprint density at radius 2 is 1.70 bits per heavy atom. The van der Waals surface area contributed by atoms with Crippen molar-refractivity contribution in [1.29, 1.82) is 0 Å². The first-order valence-electron chi connectivity index (χ1n) is 12.9. The molecule has 0 amide bonds. The first-order chi connectivity index (χ1) is 18.1. The maximum Gasteiger partial charge on any atom is 0.141 e. The van der Waals surface area contributed by atoms with Crippen LogP contribution in [0.1, 0.15) is 19.8 Å². The van der Waals surface area contributed by atoms with Crippen LogP contribution >= 0.6 is 23.2 Å². The predicted molar refractivity (Wildman–Crippen MR) is 151 cm³/mol. The molecule has 1 saturated heterocycles. The first-order valence-corrected chi connectivity index (χ1v) is 13.6. The molecule has 1 aliphatic rings. The number of benzene rings is 3. The topological polar surface area (TPSA) is 51.6 Å². The molecular formula is C29H32Cl2N4O2. The Labute approximate surface area is 228 Å². The fourth-order valence-corrected chi connectivity index (χ4v) is 5.11. The Morgan fingerprint density at radius 1 is 0.892 bits per heavy atom. The molecule has 1 fully saturated rings. The Morgan fingerprint density at radius 3 is 2.49 bits per heavy atom. The van der Waals surface area contributed by atoms with Crippen LogP contribution in [0.25, 0.3) is 22.4 Å². The van der Waals surface area contributed by atoms with E-state index in [1.165, 1.54) is 0 Å². The number of piperazine rings is 1. The van der Waals surface area contributed by atoms with Crippen molar-refractivity contribution in [1.82, 2.24) is 19.8 Å². The van der Waals surface area contributed by atoms with Crippen molar-refractivity contribution in [3.05, 3.63) is 70.7 Å². The highest BCUT2D eigenvalue weighted by Crippen LogP contribution is 2.33. The average molecular weight is 540 g/mol. The van der Waals surface area contributed by atoms with Crippen LogP contribution in [0.15, 0.2) is 60.7 Å². The van der Waals surface area contributed by atoms with Crippen molar-refractivity contribution in [3.63, 3.8) is 0 Å². The highest BCUT2D eigenvalue weighted by Gasteiger charge is 2.15. The third kappa shape index (κ3) is 6.57. The molecule has 1 aromatic heterocycles. The number of nitrogens with zero attached hydrogens (tertiary/aromatic N) is 3. The van der Waals surface area contributed by atoms with Crippen molar-refractivity contribution in [2.75, 3.05) is 39.3 Å². The number of fused-ring (bicyclic) bond motifs is 1. The van der Waals surface area contributed by atoms with E-state index in [0.29, 0.717) is 28.2 Å². The van der Waals surface area contributed by atoms with Gasteiger partial charge in [0.2, 0.25) is 0 Å². The summed E-state index contributed by atoms with van der Waals surface area (Å²) in [5.74, 6) is 3.08. The molecule has 194 valence electrons. The van der Waals surface area contributed by atoms with Crippen LogP contribution in [-0.2, 0) is 6.54 Å². The summed E-state index contributed by atoms with van der Waals surface area (Å²) in [7, 11) is 0. The van der Waals surface area contributed by atoms with Crippen molar-refractivity contribution < 1.29 is 9.47 Å². The van der Waals surface area contributed by atoms with E-state index in [-0.39, 0.29) is 0 Å².